The van der Waals surface area contributed by atoms with Crippen molar-refractivity contribution in [3.63, 3.8) is 0 Å². The summed E-state index contributed by atoms with van der Waals surface area (Å²) in [6.45, 7) is 0.932. The quantitative estimate of drug-likeness (QED) is 0.692. The molecule has 1 aromatic carbocycles. The summed E-state index contributed by atoms with van der Waals surface area (Å²) in [5, 5.41) is 19.4. The number of carboxylic acids is 2. The molecule has 0 aliphatic heterocycles. The number of carbonyl (C=O) groups excluding carboxylic acids is 1. The highest BCUT2D eigenvalue weighted by Gasteiger charge is 2.22. The average Bonchev–Trinajstić information content (AvgIpc) is 2.41. The van der Waals surface area contributed by atoms with Crippen molar-refractivity contribution in [3.05, 3.63) is 42.4 Å². The van der Waals surface area contributed by atoms with E-state index in [4.69, 9.17) is 14.9 Å². The fraction of sp³-hybridized carbons (Fsp3) is 0.231. The largest absolute Gasteiger partial charge is 0.481 e. The van der Waals surface area contributed by atoms with Gasteiger partial charge in [0.15, 0.2) is 0 Å². The molecule has 1 unspecified atom stereocenters. The molecule has 3 N–H and O–H groups in total. The first-order chi connectivity index (χ1) is 9.49. The van der Waals surface area contributed by atoms with Crippen molar-refractivity contribution in [2.45, 2.75) is 13.0 Å². The minimum Gasteiger partial charge on any atom is -0.481 e. The summed E-state index contributed by atoms with van der Waals surface area (Å²) in [6.07, 6.45) is -1.46. The van der Waals surface area contributed by atoms with Crippen LogP contribution < -0.4 is 5.32 Å². The zero-order chi connectivity index (χ0) is 15.0. The molecule has 0 bridgehead atoms. The van der Waals surface area contributed by atoms with Crippen LogP contribution in [0, 0.1) is 12.5 Å². The molecule has 0 aliphatic carbocycles. The van der Waals surface area contributed by atoms with Crippen LogP contribution in [-0.4, -0.2) is 28.2 Å². The lowest BCUT2D eigenvalue weighted by Crippen LogP contribution is -2.30. The van der Waals surface area contributed by atoms with Gasteiger partial charge in [-0.25, -0.2) is 4.79 Å². The van der Waals surface area contributed by atoms with Gasteiger partial charge in [-0.2, -0.15) is 0 Å². The Morgan fingerprint density at radius 2 is 1.85 bits per heavy atom. The smallest absolute Gasteiger partial charge is 0.407 e. The van der Waals surface area contributed by atoms with Crippen molar-refractivity contribution in [1.82, 2.24) is 5.32 Å². The van der Waals surface area contributed by atoms with Gasteiger partial charge in [-0.05, 0) is 5.56 Å². The Balaban J connectivity index is 2.34. The van der Waals surface area contributed by atoms with Gasteiger partial charge < -0.3 is 20.3 Å². The molecular formula is C13H14NO6. The maximum atomic E-state index is 11.3. The molecule has 20 heavy (non-hydrogen) atoms. The van der Waals surface area contributed by atoms with Crippen LogP contribution in [0.4, 0.5) is 4.79 Å². The molecule has 0 aliphatic rings. The summed E-state index contributed by atoms with van der Waals surface area (Å²) in [5.41, 5.74) is 0.781. The van der Waals surface area contributed by atoms with E-state index in [0.29, 0.717) is 0 Å². The third-order valence-corrected chi connectivity index (χ3v) is 2.33. The van der Waals surface area contributed by atoms with Gasteiger partial charge in [0.25, 0.3) is 0 Å². The van der Waals surface area contributed by atoms with E-state index >= 15 is 0 Å². The second kappa shape index (κ2) is 7.78. The summed E-state index contributed by atoms with van der Waals surface area (Å²) in [4.78, 5) is 32.5. The van der Waals surface area contributed by atoms with Crippen molar-refractivity contribution in [3.8, 4) is 0 Å². The molecule has 0 aromatic heterocycles. The molecule has 1 amide bonds. The molecule has 1 rings (SSSR count). The van der Waals surface area contributed by atoms with Gasteiger partial charge in [0.2, 0.25) is 0 Å². The van der Waals surface area contributed by atoms with E-state index in [9.17, 15) is 14.4 Å². The van der Waals surface area contributed by atoms with Gasteiger partial charge in [-0.1, -0.05) is 30.3 Å². The van der Waals surface area contributed by atoms with Gasteiger partial charge in [0.05, 0.1) is 18.9 Å². The number of carboxylic acid groups (broad SMARTS) is 2. The summed E-state index contributed by atoms with van der Waals surface area (Å²) >= 11 is 0. The molecule has 0 saturated carbocycles. The highest BCUT2D eigenvalue weighted by molar-refractivity contribution is 5.79. The molecular weight excluding hydrogens is 266 g/mol. The van der Waals surface area contributed by atoms with Crippen molar-refractivity contribution in [1.29, 1.82) is 0 Å². The van der Waals surface area contributed by atoms with E-state index in [-0.39, 0.29) is 6.61 Å². The fourth-order valence-electron chi connectivity index (χ4n) is 1.34. The number of hydrogen-bond donors (Lipinski definition) is 3. The Morgan fingerprint density at radius 3 is 2.40 bits per heavy atom. The monoisotopic (exact) mass is 280 g/mol. The lowest BCUT2D eigenvalue weighted by Gasteiger charge is -2.11. The summed E-state index contributed by atoms with van der Waals surface area (Å²) < 4.78 is 4.84. The van der Waals surface area contributed by atoms with Crippen LogP contribution in [0.1, 0.15) is 12.0 Å². The number of amides is 1. The number of aliphatic carboxylic acids is 2. The first-order valence-electron chi connectivity index (χ1n) is 5.74. The summed E-state index contributed by atoms with van der Waals surface area (Å²) in [7, 11) is 0. The second-order valence-electron chi connectivity index (χ2n) is 3.92. The standard InChI is InChI=1S/C13H14NO6/c15-11(16)6-10(12(17)18)7-14-13(19)20-8-9-4-2-1-3-5-9/h1-5,7,10H,6,8H2,(H,14,19)(H,15,16)(H,17,18). The first kappa shape index (κ1) is 15.5. The van der Waals surface area contributed by atoms with Crippen LogP contribution in [0.5, 0.6) is 0 Å². The average molecular weight is 280 g/mol. The summed E-state index contributed by atoms with van der Waals surface area (Å²) in [6, 6.07) is 8.93. The van der Waals surface area contributed by atoms with Gasteiger partial charge in [0, 0.05) is 0 Å². The normalized spacial score (nSPS) is 11.4. The molecule has 0 saturated heterocycles. The van der Waals surface area contributed by atoms with E-state index in [2.05, 4.69) is 5.32 Å². The third kappa shape index (κ3) is 5.85. The Hall–Kier alpha value is -2.57. The number of carbonyl (C=O) groups is 3. The number of ether oxygens (including phenoxy) is 1. The van der Waals surface area contributed by atoms with Crippen LogP contribution in [0.25, 0.3) is 0 Å². The number of alkyl carbamates (subject to hydrolysis) is 1. The molecule has 7 nitrogen and oxygen atoms in total. The lowest BCUT2D eigenvalue weighted by atomic mass is 10.1. The Kier molecular flexibility index (Phi) is 6.02. The third-order valence-electron chi connectivity index (χ3n) is 2.33. The van der Waals surface area contributed by atoms with E-state index in [1.807, 2.05) is 6.07 Å². The maximum Gasteiger partial charge on any atom is 0.407 e. The van der Waals surface area contributed by atoms with Gasteiger partial charge in [-0.15, -0.1) is 0 Å². The maximum absolute atomic E-state index is 11.3. The van der Waals surface area contributed by atoms with Gasteiger partial charge >= 0.3 is 18.0 Å². The molecule has 7 heteroatoms. The van der Waals surface area contributed by atoms with Gasteiger partial charge in [-0.3, -0.25) is 9.59 Å². The Bertz CT molecular complexity index is 473. The van der Waals surface area contributed by atoms with Crippen molar-refractivity contribution >= 4 is 18.0 Å². The molecule has 1 aromatic rings. The molecule has 107 valence electrons. The highest BCUT2D eigenvalue weighted by atomic mass is 16.5. The lowest BCUT2D eigenvalue weighted by molar-refractivity contribution is -0.147. The molecule has 1 radical (unpaired) electrons. The minimum absolute atomic E-state index is 0.0389. The molecule has 0 fully saturated rings. The van der Waals surface area contributed by atoms with E-state index in [1.54, 1.807) is 24.3 Å². The number of rotatable bonds is 7. The topological polar surface area (TPSA) is 113 Å². The summed E-state index contributed by atoms with van der Waals surface area (Å²) in [5.74, 6) is -3.92. The predicted molar refractivity (Wildman–Crippen MR) is 67.4 cm³/mol. The second-order valence-corrected chi connectivity index (χ2v) is 3.92. The van der Waals surface area contributed by atoms with Crippen molar-refractivity contribution in [2.75, 3.05) is 0 Å². The van der Waals surface area contributed by atoms with Crippen LogP contribution in [0.2, 0.25) is 0 Å². The highest BCUT2D eigenvalue weighted by Crippen LogP contribution is 2.06. The predicted octanol–water partition coefficient (Wildman–Crippen LogP) is 1.25. The SMILES string of the molecule is O=C(O)CC([CH]NC(=O)OCc1ccccc1)C(=O)O. The van der Waals surface area contributed by atoms with Crippen LogP contribution >= 0.6 is 0 Å². The van der Waals surface area contributed by atoms with E-state index in [0.717, 1.165) is 12.1 Å². The van der Waals surface area contributed by atoms with Crippen molar-refractivity contribution in [2.24, 2.45) is 5.92 Å². The van der Waals surface area contributed by atoms with Crippen LogP contribution in [0.15, 0.2) is 30.3 Å². The van der Waals surface area contributed by atoms with E-state index < -0.39 is 30.4 Å². The zero-order valence-electron chi connectivity index (χ0n) is 10.5. The fourth-order valence-corrected chi connectivity index (χ4v) is 1.34. The zero-order valence-corrected chi connectivity index (χ0v) is 10.5. The van der Waals surface area contributed by atoms with Crippen molar-refractivity contribution < 1.29 is 29.3 Å². The minimum atomic E-state index is -1.34. The Morgan fingerprint density at radius 1 is 1.20 bits per heavy atom. The number of benzene rings is 1. The van der Waals surface area contributed by atoms with Crippen LogP contribution in [0.3, 0.4) is 0 Å². The Labute approximate surface area is 115 Å². The molecule has 0 spiro atoms. The first-order valence-corrected chi connectivity index (χ1v) is 5.74. The van der Waals surface area contributed by atoms with Crippen LogP contribution in [-0.2, 0) is 20.9 Å². The van der Waals surface area contributed by atoms with E-state index in [1.165, 1.54) is 0 Å². The molecule has 0 heterocycles. The number of hydrogen-bond acceptors (Lipinski definition) is 4. The number of nitrogens with one attached hydrogen (secondary N) is 1. The molecule has 1 atom stereocenters. The van der Waals surface area contributed by atoms with Gasteiger partial charge in [0.1, 0.15) is 6.61 Å².